The molecular weight excluding hydrogens is 453 g/mol. The Hall–Kier alpha value is -3.54. The smallest absolute Gasteiger partial charge is 0.245 e. The van der Waals surface area contributed by atoms with Crippen LogP contribution in [0.3, 0.4) is 0 Å². The zero-order valence-corrected chi connectivity index (χ0v) is 20.0. The molecule has 2 N–H and O–H groups in total. The van der Waals surface area contributed by atoms with E-state index in [9.17, 15) is 17.6 Å². The predicted octanol–water partition coefficient (Wildman–Crippen LogP) is 5.30. The van der Waals surface area contributed by atoms with Crippen LogP contribution in [0.25, 0.3) is 4.85 Å². The molecule has 0 unspecified atom stereocenters. The number of anilines is 1. The van der Waals surface area contributed by atoms with Crippen LogP contribution in [0.1, 0.15) is 30.0 Å². The van der Waals surface area contributed by atoms with Gasteiger partial charge in [-0.15, -0.1) is 0 Å². The van der Waals surface area contributed by atoms with E-state index in [1.54, 1.807) is 49.4 Å². The molecule has 0 aromatic heterocycles. The van der Waals surface area contributed by atoms with Crippen LogP contribution in [-0.2, 0) is 21.2 Å². The van der Waals surface area contributed by atoms with Gasteiger partial charge in [0.15, 0.2) is 5.69 Å². The van der Waals surface area contributed by atoms with E-state index in [2.05, 4.69) is 14.9 Å². The van der Waals surface area contributed by atoms with Crippen molar-refractivity contribution >= 4 is 27.3 Å². The van der Waals surface area contributed by atoms with Gasteiger partial charge < -0.3 is 5.32 Å². The molecule has 0 radical (unpaired) electrons. The molecule has 0 saturated heterocycles. The van der Waals surface area contributed by atoms with E-state index >= 15 is 0 Å². The Balaban J connectivity index is 1.90. The second-order valence-electron chi connectivity index (χ2n) is 8.44. The highest BCUT2D eigenvalue weighted by Crippen LogP contribution is 2.25. The molecule has 0 aliphatic carbocycles. The molecule has 0 heterocycles. The van der Waals surface area contributed by atoms with E-state index in [1.165, 1.54) is 31.2 Å². The van der Waals surface area contributed by atoms with Gasteiger partial charge in [0.25, 0.3) is 0 Å². The SMILES string of the molecule is [C-]#[N+]c1ccc(NC(=O)[C@](C)(CCc2ccc(F)cc2)NS(=O)(=O)c2ccc(C)cc2)cc1C. The number of halogens is 1. The number of nitrogens with one attached hydrogen (secondary N) is 2. The predicted molar refractivity (Wildman–Crippen MR) is 131 cm³/mol. The van der Waals surface area contributed by atoms with Crippen LogP contribution >= 0.6 is 0 Å². The number of hydrogen-bond acceptors (Lipinski definition) is 3. The van der Waals surface area contributed by atoms with Crippen LogP contribution in [0, 0.1) is 26.2 Å². The summed E-state index contributed by atoms with van der Waals surface area (Å²) >= 11 is 0. The Morgan fingerprint density at radius 2 is 1.68 bits per heavy atom. The number of carbonyl (C=O) groups excluding carboxylic acids is 1. The first-order valence-electron chi connectivity index (χ1n) is 10.7. The maximum atomic E-state index is 13.4. The van der Waals surface area contributed by atoms with Crippen LogP contribution in [-0.4, -0.2) is 19.9 Å². The number of sulfonamides is 1. The van der Waals surface area contributed by atoms with Crippen LogP contribution < -0.4 is 10.0 Å². The summed E-state index contributed by atoms with van der Waals surface area (Å²) in [5.74, 6) is -0.914. The minimum Gasteiger partial charge on any atom is -0.325 e. The van der Waals surface area contributed by atoms with Gasteiger partial charge in [0, 0.05) is 5.69 Å². The van der Waals surface area contributed by atoms with E-state index in [0.29, 0.717) is 23.4 Å². The average Bonchev–Trinajstić information content (AvgIpc) is 2.79. The summed E-state index contributed by atoms with van der Waals surface area (Å²) in [4.78, 5) is 16.8. The normalized spacial score (nSPS) is 13.0. The first-order chi connectivity index (χ1) is 16.0. The van der Waals surface area contributed by atoms with Crippen LogP contribution in [0.4, 0.5) is 15.8 Å². The lowest BCUT2D eigenvalue weighted by atomic mass is 9.93. The fourth-order valence-electron chi connectivity index (χ4n) is 3.46. The second-order valence-corrected chi connectivity index (χ2v) is 10.1. The van der Waals surface area contributed by atoms with Crippen molar-refractivity contribution < 1.29 is 17.6 Å². The Morgan fingerprint density at radius 3 is 2.26 bits per heavy atom. The van der Waals surface area contributed by atoms with Crippen molar-refractivity contribution in [3.8, 4) is 0 Å². The molecule has 34 heavy (non-hydrogen) atoms. The largest absolute Gasteiger partial charge is 0.325 e. The molecule has 1 atom stereocenters. The van der Waals surface area contributed by atoms with Crippen molar-refractivity contribution in [1.29, 1.82) is 0 Å². The summed E-state index contributed by atoms with van der Waals surface area (Å²) in [6, 6.07) is 17.1. The third-order valence-electron chi connectivity index (χ3n) is 5.59. The molecule has 176 valence electrons. The fraction of sp³-hybridized carbons (Fsp3) is 0.231. The summed E-state index contributed by atoms with van der Waals surface area (Å²) in [6.07, 6.45) is 0.477. The number of hydrogen-bond donors (Lipinski definition) is 2. The van der Waals surface area contributed by atoms with E-state index in [0.717, 1.165) is 11.1 Å². The highest BCUT2D eigenvalue weighted by Gasteiger charge is 2.37. The number of rotatable bonds is 8. The Morgan fingerprint density at radius 1 is 1.03 bits per heavy atom. The monoisotopic (exact) mass is 479 g/mol. The van der Waals surface area contributed by atoms with E-state index in [1.807, 2.05) is 6.92 Å². The van der Waals surface area contributed by atoms with Gasteiger partial charge >= 0.3 is 0 Å². The van der Waals surface area contributed by atoms with Gasteiger partial charge in [-0.1, -0.05) is 35.9 Å². The summed E-state index contributed by atoms with van der Waals surface area (Å²) in [6.45, 7) is 12.3. The van der Waals surface area contributed by atoms with Gasteiger partial charge in [0.05, 0.1) is 11.5 Å². The Bertz CT molecular complexity index is 1330. The number of amides is 1. The third kappa shape index (κ3) is 6.07. The Labute approximate surface area is 199 Å². The van der Waals surface area contributed by atoms with Crippen LogP contribution in [0.5, 0.6) is 0 Å². The van der Waals surface area contributed by atoms with Gasteiger partial charge in [-0.2, -0.15) is 4.72 Å². The molecule has 0 aliphatic rings. The van der Waals surface area contributed by atoms with Gasteiger partial charge in [0.1, 0.15) is 11.4 Å². The highest BCUT2D eigenvalue weighted by molar-refractivity contribution is 7.89. The third-order valence-corrected chi connectivity index (χ3v) is 7.21. The zero-order chi connectivity index (χ0) is 24.9. The zero-order valence-electron chi connectivity index (χ0n) is 19.2. The van der Waals surface area contributed by atoms with Crippen molar-refractivity contribution in [1.82, 2.24) is 4.72 Å². The van der Waals surface area contributed by atoms with Gasteiger partial charge in [-0.05, 0) is 81.1 Å². The lowest BCUT2D eigenvalue weighted by Gasteiger charge is -2.29. The first kappa shape index (κ1) is 25.1. The summed E-state index contributed by atoms with van der Waals surface area (Å²) in [5.41, 5.74) is 1.79. The topological polar surface area (TPSA) is 79.6 Å². The molecule has 1 amide bonds. The molecule has 3 rings (SSSR count). The maximum absolute atomic E-state index is 13.4. The first-order valence-corrected chi connectivity index (χ1v) is 12.2. The molecule has 6 nitrogen and oxygen atoms in total. The summed E-state index contributed by atoms with van der Waals surface area (Å²) in [5, 5.41) is 2.77. The van der Waals surface area contributed by atoms with Gasteiger partial charge in [-0.3, -0.25) is 4.79 Å². The molecule has 0 aliphatic heterocycles. The average molecular weight is 480 g/mol. The molecule has 0 bridgehead atoms. The molecular formula is C26H26FN3O3S. The molecule has 0 fully saturated rings. The number of aryl methyl sites for hydroxylation is 3. The van der Waals surface area contributed by atoms with Crippen molar-refractivity contribution in [2.75, 3.05) is 5.32 Å². The lowest BCUT2D eigenvalue weighted by Crippen LogP contribution is -2.54. The lowest BCUT2D eigenvalue weighted by molar-refractivity contribution is -0.121. The summed E-state index contributed by atoms with van der Waals surface area (Å²) in [7, 11) is -4.01. The van der Waals surface area contributed by atoms with Crippen molar-refractivity contribution in [3.63, 3.8) is 0 Å². The second kappa shape index (κ2) is 10.2. The molecule has 0 spiro atoms. The fourth-order valence-corrected chi connectivity index (χ4v) is 4.86. The van der Waals surface area contributed by atoms with Crippen molar-refractivity contribution in [2.45, 2.75) is 44.0 Å². The van der Waals surface area contributed by atoms with E-state index < -0.39 is 21.5 Å². The number of benzene rings is 3. The molecule has 3 aromatic rings. The Kier molecular flexibility index (Phi) is 7.50. The van der Waals surface area contributed by atoms with Gasteiger partial charge in [0.2, 0.25) is 15.9 Å². The minimum atomic E-state index is -4.01. The quantitative estimate of drug-likeness (QED) is 0.430. The van der Waals surface area contributed by atoms with E-state index in [4.69, 9.17) is 6.57 Å². The van der Waals surface area contributed by atoms with Crippen LogP contribution in [0.2, 0.25) is 0 Å². The van der Waals surface area contributed by atoms with Crippen molar-refractivity contribution in [3.05, 3.63) is 101 Å². The standard InChI is InChI=1S/C26H26FN3O3S/c1-18-5-12-23(13-6-18)34(32,33)30-26(3,16-15-20-7-9-21(27)10-8-20)25(31)29-22-11-14-24(28-4)19(2)17-22/h5-14,17,30H,15-16H2,1-3H3,(H,29,31)/t26-/m0/s1. The van der Waals surface area contributed by atoms with Crippen molar-refractivity contribution in [2.24, 2.45) is 0 Å². The van der Waals surface area contributed by atoms with Gasteiger partial charge in [-0.25, -0.2) is 17.7 Å². The molecule has 8 heteroatoms. The summed E-state index contributed by atoms with van der Waals surface area (Å²) < 4.78 is 42.1. The highest BCUT2D eigenvalue weighted by atomic mass is 32.2. The maximum Gasteiger partial charge on any atom is 0.245 e. The van der Waals surface area contributed by atoms with E-state index in [-0.39, 0.29) is 17.1 Å². The number of nitrogens with zero attached hydrogens (tertiary/aromatic N) is 1. The molecule has 3 aromatic carbocycles. The number of carbonyl (C=O) groups is 1. The minimum absolute atomic E-state index is 0.0520. The van der Waals surface area contributed by atoms with Crippen LogP contribution in [0.15, 0.2) is 71.6 Å². The molecule has 0 saturated carbocycles.